The van der Waals surface area contributed by atoms with Gasteiger partial charge in [-0.3, -0.25) is 9.59 Å². The third-order valence-electron chi connectivity index (χ3n) is 4.59. The molecule has 1 amide bonds. The molecule has 1 aliphatic rings. The second kappa shape index (κ2) is 7.07. The molecule has 0 aliphatic carbocycles. The SMILES string of the molecule is CCOc1ccc2c(c1)c(=O)c(C(=O)N1CCCCCC1)cn2C. The highest BCUT2D eigenvalue weighted by Gasteiger charge is 2.21. The fourth-order valence-corrected chi connectivity index (χ4v) is 3.32. The van der Waals surface area contributed by atoms with Gasteiger partial charge in [0.25, 0.3) is 5.91 Å². The van der Waals surface area contributed by atoms with Gasteiger partial charge in [0.1, 0.15) is 11.3 Å². The van der Waals surface area contributed by atoms with E-state index in [0.717, 1.165) is 44.3 Å². The maximum atomic E-state index is 12.9. The Morgan fingerprint density at radius 2 is 1.88 bits per heavy atom. The lowest BCUT2D eigenvalue weighted by Gasteiger charge is -2.20. The summed E-state index contributed by atoms with van der Waals surface area (Å²) in [5, 5.41) is 0.532. The summed E-state index contributed by atoms with van der Waals surface area (Å²) in [6.45, 7) is 3.91. The molecule has 5 heteroatoms. The Labute approximate surface area is 141 Å². The lowest BCUT2D eigenvalue weighted by Crippen LogP contribution is -2.35. The van der Waals surface area contributed by atoms with Crippen LogP contribution < -0.4 is 10.2 Å². The number of nitrogens with zero attached hydrogens (tertiary/aromatic N) is 2. The zero-order valence-corrected chi connectivity index (χ0v) is 14.4. The number of aryl methyl sites for hydroxylation is 1. The molecule has 3 rings (SSSR count). The molecule has 1 saturated heterocycles. The molecular weight excluding hydrogens is 304 g/mol. The van der Waals surface area contributed by atoms with E-state index in [-0.39, 0.29) is 16.9 Å². The number of benzene rings is 1. The minimum Gasteiger partial charge on any atom is -0.494 e. The average Bonchev–Trinajstić information content (AvgIpc) is 2.87. The molecule has 0 radical (unpaired) electrons. The summed E-state index contributed by atoms with van der Waals surface area (Å²) in [4.78, 5) is 27.6. The van der Waals surface area contributed by atoms with Crippen LogP contribution in [-0.2, 0) is 7.05 Å². The molecule has 2 heterocycles. The van der Waals surface area contributed by atoms with Crippen LogP contribution in [0.1, 0.15) is 43.0 Å². The Kier molecular flexibility index (Phi) is 4.88. The maximum absolute atomic E-state index is 12.9. The zero-order chi connectivity index (χ0) is 17.1. The molecule has 1 aromatic heterocycles. The van der Waals surface area contributed by atoms with Gasteiger partial charge in [0.15, 0.2) is 0 Å². The fraction of sp³-hybridized carbons (Fsp3) is 0.474. The minimum atomic E-state index is -0.209. The molecule has 5 nitrogen and oxygen atoms in total. The third-order valence-corrected chi connectivity index (χ3v) is 4.59. The molecule has 128 valence electrons. The van der Waals surface area contributed by atoms with Crippen molar-refractivity contribution in [2.75, 3.05) is 19.7 Å². The van der Waals surface area contributed by atoms with Crippen molar-refractivity contribution >= 4 is 16.8 Å². The molecule has 0 bridgehead atoms. The van der Waals surface area contributed by atoms with E-state index in [2.05, 4.69) is 0 Å². The van der Waals surface area contributed by atoms with E-state index in [9.17, 15) is 9.59 Å². The monoisotopic (exact) mass is 328 g/mol. The summed E-state index contributed by atoms with van der Waals surface area (Å²) >= 11 is 0. The van der Waals surface area contributed by atoms with Gasteiger partial charge < -0.3 is 14.2 Å². The van der Waals surface area contributed by atoms with E-state index >= 15 is 0 Å². The predicted molar refractivity (Wildman–Crippen MR) is 94.7 cm³/mol. The van der Waals surface area contributed by atoms with Crippen molar-refractivity contribution in [1.82, 2.24) is 9.47 Å². The van der Waals surface area contributed by atoms with Crippen molar-refractivity contribution < 1.29 is 9.53 Å². The van der Waals surface area contributed by atoms with Crippen LogP contribution in [0.5, 0.6) is 5.75 Å². The standard InChI is InChI=1S/C19H24N2O3/c1-3-24-14-8-9-17-15(12-14)18(22)16(13-20(17)2)19(23)21-10-6-4-5-7-11-21/h8-9,12-13H,3-7,10-11H2,1-2H3. The molecule has 0 atom stereocenters. The van der Waals surface area contributed by atoms with E-state index in [1.54, 1.807) is 12.3 Å². The lowest BCUT2D eigenvalue weighted by molar-refractivity contribution is 0.0760. The van der Waals surface area contributed by atoms with Crippen LogP contribution in [0.2, 0.25) is 0 Å². The van der Waals surface area contributed by atoms with E-state index in [4.69, 9.17) is 4.74 Å². The van der Waals surface area contributed by atoms with Gasteiger partial charge >= 0.3 is 0 Å². The first-order valence-electron chi connectivity index (χ1n) is 8.67. The average molecular weight is 328 g/mol. The number of likely N-dealkylation sites (tertiary alicyclic amines) is 1. The van der Waals surface area contributed by atoms with Gasteiger partial charge in [-0.15, -0.1) is 0 Å². The highest BCUT2D eigenvalue weighted by Crippen LogP contribution is 2.20. The van der Waals surface area contributed by atoms with Crippen molar-refractivity contribution in [2.45, 2.75) is 32.6 Å². The summed E-state index contributed by atoms with van der Waals surface area (Å²) in [6, 6.07) is 5.45. The first-order chi connectivity index (χ1) is 11.6. The Morgan fingerprint density at radius 1 is 1.17 bits per heavy atom. The number of pyridine rings is 1. The minimum absolute atomic E-state index is 0.152. The maximum Gasteiger partial charge on any atom is 0.259 e. The number of rotatable bonds is 3. The Bertz CT molecular complexity index is 802. The molecular formula is C19H24N2O3. The van der Waals surface area contributed by atoms with Crippen LogP contribution >= 0.6 is 0 Å². The van der Waals surface area contributed by atoms with Crippen LogP contribution in [0.4, 0.5) is 0 Å². The number of ether oxygens (including phenoxy) is 1. The second-order valence-electron chi connectivity index (χ2n) is 6.30. The number of amides is 1. The smallest absolute Gasteiger partial charge is 0.259 e. The number of carbonyl (C=O) groups is 1. The molecule has 1 aliphatic heterocycles. The van der Waals surface area contributed by atoms with Gasteiger partial charge in [0.2, 0.25) is 5.43 Å². The number of hydrogen-bond acceptors (Lipinski definition) is 3. The van der Waals surface area contributed by atoms with Gasteiger partial charge in [-0.25, -0.2) is 0 Å². The number of fused-ring (bicyclic) bond motifs is 1. The molecule has 0 N–H and O–H groups in total. The summed E-state index contributed by atoms with van der Waals surface area (Å²) in [5.74, 6) is 0.502. The third kappa shape index (κ3) is 3.16. The molecule has 0 unspecified atom stereocenters. The molecule has 1 fully saturated rings. The van der Waals surface area contributed by atoms with Crippen LogP contribution in [0, 0.1) is 0 Å². The van der Waals surface area contributed by atoms with Gasteiger partial charge in [0.05, 0.1) is 17.5 Å². The summed E-state index contributed by atoms with van der Waals surface area (Å²) in [5.41, 5.74) is 0.843. The highest BCUT2D eigenvalue weighted by atomic mass is 16.5. The van der Waals surface area contributed by atoms with Gasteiger partial charge in [-0.2, -0.15) is 0 Å². The Balaban J connectivity index is 2.05. The largest absolute Gasteiger partial charge is 0.494 e. The summed E-state index contributed by atoms with van der Waals surface area (Å²) in [6.07, 6.45) is 5.98. The topological polar surface area (TPSA) is 51.5 Å². The molecule has 1 aromatic carbocycles. The number of hydrogen-bond donors (Lipinski definition) is 0. The van der Waals surface area contributed by atoms with E-state index in [1.165, 1.54) is 0 Å². The quantitative estimate of drug-likeness (QED) is 0.870. The molecule has 0 saturated carbocycles. The Morgan fingerprint density at radius 3 is 2.54 bits per heavy atom. The van der Waals surface area contributed by atoms with E-state index in [0.29, 0.717) is 17.7 Å². The molecule has 0 spiro atoms. The van der Waals surface area contributed by atoms with Crippen molar-refractivity contribution in [3.63, 3.8) is 0 Å². The number of carbonyl (C=O) groups excluding carboxylic acids is 1. The lowest BCUT2D eigenvalue weighted by atomic mass is 10.1. The van der Waals surface area contributed by atoms with Gasteiger partial charge in [-0.1, -0.05) is 12.8 Å². The van der Waals surface area contributed by atoms with Crippen LogP contribution in [0.25, 0.3) is 10.9 Å². The van der Waals surface area contributed by atoms with Gasteiger partial charge in [0, 0.05) is 26.3 Å². The normalized spacial score (nSPS) is 15.3. The van der Waals surface area contributed by atoms with Gasteiger partial charge in [-0.05, 0) is 38.0 Å². The summed E-state index contributed by atoms with van der Waals surface area (Å²) < 4.78 is 7.34. The van der Waals surface area contributed by atoms with Crippen molar-refractivity contribution in [3.8, 4) is 5.75 Å². The second-order valence-corrected chi connectivity index (χ2v) is 6.30. The first kappa shape index (κ1) is 16.6. The van der Waals surface area contributed by atoms with Crippen molar-refractivity contribution in [2.24, 2.45) is 7.05 Å². The predicted octanol–water partition coefficient (Wildman–Crippen LogP) is 2.95. The van der Waals surface area contributed by atoms with Crippen LogP contribution in [-0.4, -0.2) is 35.1 Å². The van der Waals surface area contributed by atoms with Crippen LogP contribution in [0.15, 0.2) is 29.2 Å². The zero-order valence-electron chi connectivity index (χ0n) is 14.4. The fourth-order valence-electron chi connectivity index (χ4n) is 3.32. The van der Waals surface area contributed by atoms with E-state index < -0.39 is 0 Å². The van der Waals surface area contributed by atoms with Crippen molar-refractivity contribution in [1.29, 1.82) is 0 Å². The molecule has 2 aromatic rings. The number of aromatic nitrogens is 1. The van der Waals surface area contributed by atoms with Crippen LogP contribution in [0.3, 0.4) is 0 Å². The summed E-state index contributed by atoms with van der Waals surface area (Å²) in [7, 11) is 1.86. The molecule has 24 heavy (non-hydrogen) atoms. The first-order valence-corrected chi connectivity index (χ1v) is 8.67. The highest BCUT2D eigenvalue weighted by molar-refractivity contribution is 5.97. The Hall–Kier alpha value is -2.30. The van der Waals surface area contributed by atoms with E-state index in [1.807, 2.05) is 35.6 Å². The van der Waals surface area contributed by atoms with Crippen molar-refractivity contribution in [3.05, 3.63) is 40.2 Å².